The van der Waals surface area contributed by atoms with E-state index in [1.54, 1.807) is 26.0 Å². The van der Waals surface area contributed by atoms with Gasteiger partial charge in [-0.2, -0.15) is 4.31 Å². The van der Waals surface area contributed by atoms with E-state index in [1.807, 2.05) is 11.8 Å². The third-order valence-electron chi connectivity index (χ3n) is 7.25. The van der Waals surface area contributed by atoms with Gasteiger partial charge in [-0.15, -0.1) is 5.10 Å². The molecule has 2 aliphatic rings. The zero-order valence-electron chi connectivity index (χ0n) is 20.7. The van der Waals surface area contributed by atoms with E-state index in [0.717, 1.165) is 22.7 Å². The predicted octanol–water partition coefficient (Wildman–Crippen LogP) is 4.45. The van der Waals surface area contributed by atoms with Gasteiger partial charge in [0.15, 0.2) is 5.78 Å². The quantitative estimate of drug-likeness (QED) is 0.452. The fourth-order valence-electron chi connectivity index (χ4n) is 5.16. The van der Waals surface area contributed by atoms with Crippen LogP contribution in [-0.2, 0) is 10.0 Å². The van der Waals surface area contributed by atoms with Crippen LogP contribution in [0.2, 0.25) is 5.02 Å². The summed E-state index contributed by atoms with van der Waals surface area (Å²) in [5.74, 6) is -2.84. The first kappa shape index (κ1) is 25.6. The Morgan fingerprint density at radius 3 is 2.57 bits per heavy atom. The van der Waals surface area contributed by atoms with Crippen molar-refractivity contribution in [1.82, 2.24) is 14.5 Å². The Labute approximate surface area is 218 Å². The Balaban J connectivity index is 1.76. The topological polar surface area (TPSA) is 117 Å². The van der Waals surface area contributed by atoms with E-state index < -0.39 is 39.3 Å². The molecule has 0 unspecified atom stereocenters. The molecule has 3 aromatic rings. The minimum absolute atomic E-state index is 0.0364. The number of benzene rings is 2. The van der Waals surface area contributed by atoms with Crippen molar-refractivity contribution < 1.29 is 22.0 Å². The van der Waals surface area contributed by atoms with Crippen LogP contribution in [0.15, 0.2) is 38.4 Å². The molecule has 2 aromatic carbocycles. The lowest BCUT2D eigenvalue weighted by molar-refractivity contribution is 0.101. The molecule has 0 radical (unpaired) electrons. The van der Waals surface area contributed by atoms with E-state index in [2.05, 4.69) is 10.2 Å². The molecule has 1 fully saturated rings. The second kappa shape index (κ2) is 9.07. The average molecular weight is 549 g/mol. The van der Waals surface area contributed by atoms with Crippen LogP contribution in [0.5, 0.6) is 0 Å². The molecule has 0 spiro atoms. The molecule has 9 nitrogen and oxygen atoms in total. The summed E-state index contributed by atoms with van der Waals surface area (Å²) < 4.78 is 50.2. The molecule has 37 heavy (non-hydrogen) atoms. The Hall–Kier alpha value is -3.02. The number of carbonyl (C=O) groups is 1. The minimum Gasteiger partial charge on any atom is -0.391 e. The van der Waals surface area contributed by atoms with Crippen molar-refractivity contribution in [2.75, 3.05) is 11.6 Å². The highest BCUT2D eigenvalue weighted by atomic mass is 35.5. The van der Waals surface area contributed by atoms with Crippen LogP contribution in [0.25, 0.3) is 0 Å². The third kappa shape index (κ3) is 4.28. The van der Waals surface area contributed by atoms with Gasteiger partial charge in [0, 0.05) is 22.5 Å². The summed E-state index contributed by atoms with van der Waals surface area (Å²) in [6.07, 6.45) is 1.66. The van der Waals surface area contributed by atoms with E-state index >= 15 is 4.39 Å². The van der Waals surface area contributed by atoms with Crippen LogP contribution in [0, 0.1) is 19.7 Å². The third-order valence-corrected chi connectivity index (χ3v) is 9.37. The summed E-state index contributed by atoms with van der Waals surface area (Å²) >= 11 is 6.29. The van der Waals surface area contributed by atoms with Gasteiger partial charge in [-0.25, -0.2) is 22.7 Å². The molecule has 196 valence electrons. The van der Waals surface area contributed by atoms with Crippen molar-refractivity contribution in [3.63, 3.8) is 0 Å². The molecular weight excluding hydrogens is 523 g/mol. The number of aromatic amines is 1. The maximum Gasteiger partial charge on any atom is 0.434 e. The first-order chi connectivity index (χ1) is 17.4. The van der Waals surface area contributed by atoms with Crippen LogP contribution in [0.1, 0.15) is 71.6 Å². The summed E-state index contributed by atoms with van der Waals surface area (Å²) in [6.45, 7) is 6.43. The van der Waals surface area contributed by atoms with Gasteiger partial charge in [0.1, 0.15) is 16.8 Å². The molecular formula is C25H26ClFN4O5S. The molecule has 2 atom stereocenters. The normalized spacial score (nSPS) is 18.9. The van der Waals surface area contributed by atoms with Crippen LogP contribution in [0.3, 0.4) is 0 Å². The van der Waals surface area contributed by atoms with E-state index in [9.17, 15) is 18.0 Å². The largest absolute Gasteiger partial charge is 0.434 e. The van der Waals surface area contributed by atoms with Gasteiger partial charge in [0.25, 0.3) is 0 Å². The number of rotatable bonds is 6. The Morgan fingerprint density at radius 1 is 1.27 bits per heavy atom. The van der Waals surface area contributed by atoms with Crippen LogP contribution in [0.4, 0.5) is 10.1 Å². The van der Waals surface area contributed by atoms with E-state index in [4.69, 9.17) is 16.0 Å². The molecule has 0 bridgehead atoms. The number of aromatic nitrogens is 2. The minimum atomic E-state index is -4.37. The molecule has 1 aliphatic heterocycles. The maximum atomic E-state index is 15.2. The number of nitrogens with zero attached hydrogens (tertiary/aromatic N) is 3. The number of halogens is 2. The first-order valence-corrected chi connectivity index (χ1v) is 13.7. The monoisotopic (exact) mass is 548 g/mol. The zero-order valence-corrected chi connectivity index (χ0v) is 22.3. The van der Waals surface area contributed by atoms with Gasteiger partial charge in [-0.1, -0.05) is 24.6 Å². The lowest BCUT2D eigenvalue weighted by Gasteiger charge is -2.42. The first-order valence-electron chi connectivity index (χ1n) is 11.9. The van der Waals surface area contributed by atoms with Gasteiger partial charge < -0.3 is 9.32 Å². The molecule has 12 heteroatoms. The van der Waals surface area contributed by atoms with Crippen LogP contribution >= 0.6 is 11.6 Å². The Morgan fingerprint density at radius 2 is 1.97 bits per heavy atom. The van der Waals surface area contributed by atoms with Crippen molar-refractivity contribution in [3.8, 4) is 0 Å². The fraction of sp³-hybridized carbons (Fsp3) is 0.400. The molecule has 0 amide bonds. The zero-order chi connectivity index (χ0) is 26.8. The lowest BCUT2D eigenvalue weighted by Crippen LogP contribution is -2.50. The van der Waals surface area contributed by atoms with Crippen LogP contribution in [-0.4, -0.2) is 41.4 Å². The standard InChI is InChI=1S/C25H26ClFN4O5S/c1-12-5-8-19(27)21(13(12)2)14(3)22(24-28-29-25(33)36-24)31-11-30(17-6-7-17)20-10-16(26)9-18(15(4)32)23(20)37(31,34)35/h5,8-10,14,17,22H,6-7,11H2,1-4H3,(H,29,33)/t14-,22+/m1/s1. The van der Waals surface area contributed by atoms with E-state index in [0.29, 0.717) is 11.3 Å². The van der Waals surface area contributed by atoms with Crippen molar-refractivity contribution >= 4 is 33.1 Å². The van der Waals surface area contributed by atoms with Gasteiger partial charge in [0.05, 0.1) is 12.4 Å². The molecule has 1 aliphatic carbocycles. The summed E-state index contributed by atoms with van der Waals surface area (Å²) in [7, 11) is -4.37. The number of nitrogens with one attached hydrogen (secondary N) is 1. The smallest absolute Gasteiger partial charge is 0.391 e. The summed E-state index contributed by atoms with van der Waals surface area (Å²) in [5.41, 5.74) is 2.08. The number of hydrogen-bond acceptors (Lipinski definition) is 7. The molecule has 2 heterocycles. The molecule has 5 rings (SSSR count). The highest BCUT2D eigenvalue weighted by molar-refractivity contribution is 7.89. The van der Waals surface area contributed by atoms with Crippen molar-refractivity contribution in [2.24, 2.45) is 0 Å². The summed E-state index contributed by atoms with van der Waals surface area (Å²) in [5, 5.41) is 6.40. The summed E-state index contributed by atoms with van der Waals surface area (Å²) in [4.78, 5) is 26.3. The number of fused-ring (bicyclic) bond motifs is 1. The molecule has 0 saturated heterocycles. The number of Topliss-reactive ketones (excluding diaryl/α,β-unsaturated/α-hetero) is 1. The van der Waals surface area contributed by atoms with Gasteiger partial charge in [0.2, 0.25) is 15.9 Å². The average Bonchev–Trinajstić information content (AvgIpc) is 3.58. The van der Waals surface area contributed by atoms with Crippen molar-refractivity contribution in [3.05, 3.63) is 73.8 Å². The molecule has 1 aromatic heterocycles. The number of H-pyrrole nitrogens is 1. The van der Waals surface area contributed by atoms with Crippen LogP contribution < -0.4 is 10.7 Å². The number of aryl methyl sites for hydroxylation is 1. The fourth-order valence-corrected chi connectivity index (χ4v) is 7.37. The number of anilines is 1. The lowest BCUT2D eigenvalue weighted by atomic mass is 9.87. The van der Waals surface area contributed by atoms with Gasteiger partial charge in [-0.3, -0.25) is 4.79 Å². The number of ketones is 1. The van der Waals surface area contributed by atoms with Crippen molar-refractivity contribution in [1.29, 1.82) is 0 Å². The highest BCUT2D eigenvalue weighted by Gasteiger charge is 2.49. The SMILES string of the molecule is CC(=O)c1cc(Cl)cc2c1S(=O)(=O)N([C@H](c1n[nH]c(=O)o1)[C@H](C)c1c(F)ccc(C)c1C)CN2C1CC1. The highest BCUT2D eigenvalue weighted by Crippen LogP contribution is 2.48. The van der Waals surface area contributed by atoms with E-state index in [1.165, 1.54) is 19.1 Å². The molecule has 1 saturated carbocycles. The number of carbonyl (C=O) groups excluding carboxylic acids is 1. The van der Waals surface area contributed by atoms with E-state index in [-0.39, 0.29) is 39.6 Å². The Bertz CT molecular complexity index is 1580. The second-order valence-electron chi connectivity index (χ2n) is 9.68. The Kier molecular flexibility index (Phi) is 6.28. The maximum absolute atomic E-state index is 15.2. The van der Waals surface area contributed by atoms with Gasteiger partial charge in [-0.05, 0) is 68.5 Å². The van der Waals surface area contributed by atoms with Crippen molar-refractivity contribution in [2.45, 2.75) is 63.4 Å². The van der Waals surface area contributed by atoms with Gasteiger partial charge >= 0.3 is 5.76 Å². The number of hydrogen-bond donors (Lipinski definition) is 1. The number of sulfonamides is 1. The second-order valence-corrected chi connectivity index (χ2v) is 11.9. The molecule has 1 N–H and O–H groups in total. The predicted molar refractivity (Wildman–Crippen MR) is 135 cm³/mol. The summed E-state index contributed by atoms with van der Waals surface area (Å²) in [6, 6.07) is 4.72.